The molecule has 1 heterocycles. The quantitative estimate of drug-likeness (QED) is 0.612. The molecule has 2 N–H and O–H groups in total. The maximum atomic E-state index is 10.9. The molecule has 1 aromatic heterocycles. The predicted octanol–water partition coefficient (Wildman–Crippen LogP) is 1.60. The summed E-state index contributed by atoms with van der Waals surface area (Å²) in [7, 11) is 0. The van der Waals surface area contributed by atoms with Gasteiger partial charge in [0.05, 0.1) is 17.0 Å². The number of hydrogen-bond acceptors (Lipinski definition) is 5. The van der Waals surface area contributed by atoms with Crippen LogP contribution in [0, 0.1) is 10.1 Å². The van der Waals surface area contributed by atoms with Gasteiger partial charge in [-0.3, -0.25) is 14.8 Å². The topological polar surface area (TPSA) is 110 Å². The van der Waals surface area contributed by atoms with Crippen LogP contribution in [0.4, 0.5) is 11.4 Å². The number of carboxylic acid groups (broad SMARTS) is 1. The molecule has 0 saturated heterocycles. The van der Waals surface area contributed by atoms with E-state index in [1.807, 2.05) is 0 Å². The van der Waals surface area contributed by atoms with E-state index in [9.17, 15) is 14.9 Å². The first-order valence-corrected chi connectivity index (χ1v) is 5.81. The lowest BCUT2D eigenvalue weighted by molar-refractivity contribution is -0.384. The molecule has 1 aromatic carbocycles. The fourth-order valence-corrected chi connectivity index (χ4v) is 1.70. The van der Waals surface area contributed by atoms with Crippen LogP contribution in [0.3, 0.4) is 0 Å². The third-order valence-electron chi connectivity index (χ3n) is 2.66. The van der Waals surface area contributed by atoms with Crippen LogP contribution in [0.5, 0.6) is 0 Å². The number of nitrogens with one attached hydrogen (secondary N) is 1. The zero-order valence-electron chi connectivity index (χ0n) is 10.4. The van der Waals surface area contributed by atoms with Crippen molar-refractivity contribution in [2.45, 2.75) is 6.54 Å². The van der Waals surface area contributed by atoms with Crippen LogP contribution in [0.1, 0.15) is 10.4 Å². The van der Waals surface area contributed by atoms with Crippen molar-refractivity contribution >= 4 is 17.3 Å². The number of nitro groups is 1. The van der Waals surface area contributed by atoms with Crippen LogP contribution in [0.15, 0.2) is 36.7 Å². The van der Waals surface area contributed by atoms with Crippen molar-refractivity contribution in [3.8, 4) is 0 Å². The van der Waals surface area contributed by atoms with E-state index in [1.54, 1.807) is 23.1 Å². The van der Waals surface area contributed by atoms with Gasteiger partial charge in [-0.05, 0) is 18.2 Å². The summed E-state index contributed by atoms with van der Waals surface area (Å²) in [6.07, 6.45) is 3.42. The van der Waals surface area contributed by atoms with Crippen LogP contribution in [0.25, 0.3) is 0 Å². The lowest BCUT2D eigenvalue weighted by atomic mass is 10.1. The molecule has 0 unspecified atom stereocenters. The minimum absolute atomic E-state index is 0.116. The summed E-state index contributed by atoms with van der Waals surface area (Å²) in [5.41, 5.74) is -0.0909. The first-order valence-electron chi connectivity index (χ1n) is 5.81. The van der Waals surface area contributed by atoms with Gasteiger partial charge in [-0.2, -0.15) is 5.10 Å². The van der Waals surface area contributed by atoms with Gasteiger partial charge in [-0.1, -0.05) is 0 Å². The van der Waals surface area contributed by atoms with E-state index in [2.05, 4.69) is 10.4 Å². The van der Waals surface area contributed by atoms with E-state index in [0.717, 1.165) is 6.07 Å². The molecular weight excluding hydrogens is 264 g/mol. The second kappa shape index (κ2) is 5.83. The fraction of sp³-hybridized carbons (Fsp3) is 0.167. The molecule has 20 heavy (non-hydrogen) atoms. The Balaban J connectivity index is 2.10. The number of aromatic nitrogens is 2. The molecule has 104 valence electrons. The number of nitrogens with zero attached hydrogens (tertiary/aromatic N) is 3. The lowest BCUT2D eigenvalue weighted by Crippen LogP contribution is -2.12. The summed E-state index contributed by atoms with van der Waals surface area (Å²) in [5.74, 6) is -1.20. The minimum atomic E-state index is -1.20. The zero-order valence-corrected chi connectivity index (χ0v) is 10.4. The van der Waals surface area contributed by atoms with Crippen molar-refractivity contribution in [3.63, 3.8) is 0 Å². The van der Waals surface area contributed by atoms with Gasteiger partial charge in [0.2, 0.25) is 0 Å². The lowest BCUT2D eigenvalue weighted by Gasteiger charge is -2.07. The molecule has 0 atom stereocenters. The Kier molecular flexibility index (Phi) is 3.94. The molecule has 0 aliphatic rings. The summed E-state index contributed by atoms with van der Waals surface area (Å²) in [6.45, 7) is 0.986. The number of benzene rings is 1. The highest BCUT2D eigenvalue weighted by Gasteiger charge is 2.16. The van der Waals surface area contributed by atoms with Crippen LogP contribution in [0.2, 0.25) is 0 Å². The Morgan fingerprint density at radius 3 is 2.90 bits per heavy atom. The van der Waals surface area contributed by atoms with E-state index >= 15 is 0 Å². The molecule has 2 rings (SSSR count). The molecule has 8 heteroatoms. The molecular formula is C12H12N4O4. The Hall–Kier alpha value is -2.90. The average molecular weight is 276 g/mol. The van der Waals surface area contributed by atoms with Gasteiger partial charge in [0.15, 0.2) is 0 Å². The Morgan fingerprint density at radius 1 is 1.50 bits per heavy atom. The molecule has 0 amide bonds. The molecule has 0 radical (unpaired) electrons. The number of rotatable bonds is 6. The summed E-state index contributed by atoms with van der Waals surface area (Å²) < 4.78 is 1.68. The Bertz CT molecular complexity index is 624. The molecule has 0 bridgehead atoms. The van der Waals surface area contributed by atoms with Gasteiger partial charge in [-0.15, -0.1) is 0 Å². The van der Waals surface area contributed by atoms with E-state index in [0.29, 0.717) is 13.1 Å². The second-order valence-corrected chi connectivity index (χ2v) is 3.99. The molecule has 0 aliphatic heterocycles. The number of aromatic carboxylic acids is 1. The van der Waals surface area contributed by atoms with Crippen LogP contribution >= 0.6 is 0 Å². The maximum absolute atomic E-state index is 10.9. The van der Waals surface area contributed by atoms with Crippen molar-refractivity contribution in [1.29, 1.82) is 0 Å². The summed E-state index contributed by atoms with van der Waals surface area (Å²) in [4.78, 5) is 21.1. The third-order valence-corrected chi connectivity index (χ3v) is 2.66. The first kappa shape index (κ1) is 13.5. The van der Waals surface area contributed by atoms with Crippen molar-refractivity contribution in [3.05, 3.63) is 52.3 Å². The summed E-state index contributed by atoms with van der Waals surface area (Å²) in [6, 6.07) is 5.54. The van der Waals surface area contributed by atoms with Gasteiger partial charge in [0.25, 0.3) is 5.69 Å². The Labute approximate surface area is 113 Å². The highest BCUT2D eigenvalue weighted by molar-refractivity contribution is 5.89. The van der Waals surface area contributed by atoms with Gasteiger partial charge in [-0.25, -0.2) is 4.79 Å². The number of carboxylic acids is 1. The second-order valence-electron chi connectivity index (χ2n) is 3.99. The van der Waals surface area contributed by atoms with Gasteiger partial charge >= 0.3 is 5.97 Å². The van der Waals surface area contributed by atoms with E-state index in [4.69, 9.17) is 5.11 Å². The van der Waals surface area contributed by atoms with Crippen molar-refractivity contribution in [1.82, 2.24) is 9.78 Å². The van der Waals surface area contributed by atoms with Gasteiger partial charge < -0.3 is 10.4 Å². The normalized spacial score (nSPS) is 10.2. The van der Waals surface area contributed by atoms with E-state index < -0.39 is 10.9 Å². The molecule has 2 aromatic rings. The average Bonchev–Trinajstić information content (AvgIpc) is 2.91. The smallest absolute Gasteiger partial charge is 0.335 e. The maximum Gasteiger partial charge on any atom is 0.335 e. The molecule has 0 aliphatic carbocycles. The van der Waals surface area contributed by atoms with Crippen LogP contribution in [-0.2, 0) is 6.54 Å². The Morgan fingerprint density at radius 2 is 2.30 bits per heavy atom. The molecule has 0 spiro atoms. The number of anilines is 1. The van der Waals surface area contributed by atoms with Crippen LogP contribution < -0.4 is 5.32 Å². The third kappa shape index (κ3) is 3.10. The predicted molar refractivity (Wildman–Crippen MR) is 70.8 cm³/mol. The monoisotopic (exact) mass is 276 g/mol. The number of hydrogen-bond donors (Lipinski definition) is 2. The van der Waals surface area contributed by atoms with Crippen molar-refractivity contribution < 1.29 is 14.8 Å². The van der Waals surface area contributed by atoms with Gasteiger partial charge in [0, 0.05) is 25.0 Å². The molecule has 0 saturated carbocycles. The number of carbonyl (C=O) groups is 1. The van der Waals surface area contributed by atoms with E-state index in [-0.39, 0.29) is 16.9 Å². The standard InChI is InChI=1S/C12H12N4O4/c17-12(18)9-2-3-10(11(8-9)16(19)20)13-5-7-15-6-1-4-14-15/h1-4,6,8,13H,5,7H2,(H,17,18). The summed E-state index contributed by atoms with van der Waals surface area (Å²) in [5, 5.41) is 26.7. The zero-order chi connectivity index (χ0) is 14.5. The number of nitro benzene ring substituents is 1. The minimum Gasteiger partial charge on any atom is -0.478 e. The van der Waals surface area contributed by atoms with E-state index in [1.165, 1.54) is 12.1 Å². The fourth-order valence-electron chi connectivity index (χ4n) is 1.70. The largest absolute Gasteiger partial charge is 0.478 e. The highest BCUT2D eigenvalue weighted by atomic mass is 16.6. The molecule has 0 fully saturated rings. The summed E-state index contributed by atoms with van der Waals surface area (Å²) >= 11 is 0. The molecule has 8 nitrogen and oxygen atoms in total. The van der Waals surface area contributed by atoms with Crippen molar-refractivity contribution in [2.24, 2.45) is 0 Å². The van der Waals surface area contributed by atoms with Crippen LogP contribution in [-0.4, -0.2) is 32.3 Å². The highest BCUT2D eigenvalue weighted by Crippen LogP contribution is 2.25. The SMILES string of the molecule is O=C(O)c1ccc(NCCn2cccn2)c([N+](=O)[O-])c1. The first-order chi connectivity index (χ1) is 9.58. The van der Waals surface area contributed by atoms with Crippen molar-refractivity contribution in [2.75, 3.05) is 11.9 Å². The van der Waals surface area contributed by atoms with Gasteiger partial charge in [0.1, 0.15) is 5.69 Å².